The number of rotatable bonds is 3. The van der Waals surface area contributed by atoms with Crippen molar-refractivity contribution in [2.45, 2.75) is 25.0 Å². The van der Waals surface area contributed by atoms with Gasteiger partial charge >= 0.3 is 0 Å². The summed E-state index contributed by atoms with van der Waals surface area (Å²) in [6, 6.07) is 0.295. The lowest BCUT2D eigenvalue weighted by molar-refractivity contribution is 0.0784. The van der Waals surface area contributed by atoms with Crippen LogP contribution in [0.5, 0.6) is 0 Å². The van der Waals surface area contributed by atoms with Crippen molar-refractivity contribution < 1.29 is 9.50 Å². The van der Waals surface area contributed by atoms with Crippen molar-refractivity contribution in [1.82, 2.24) is 4.90 Å². The summed E-state index contributed by atoms with van der Waals surface area (Å²) >= 11 is 0. The second kappa shape index (κ2) is 4.74. The van der Waals surface area contributed by atoms with Crippen LogP contribution in [0.4, 0.5) is 4.39 Å². The van der Waals surface area contributed by atoms with Gasteiger partial charge in [-0.2, -0.15) is 0 Å². The van der Waals surface area contributed by atoms with E-state index < -0.39 is 12.8 Å². The Kier molecular flexibility index (Phi) is 3.91. The molecule has 0 aromatic heterocycles. The average Bonchev–Trinajstić information content (AvgIpc) is 2.09. The molecule has 1 aliphatic heterocycles. The van der Waals surface area contributed by atoms with Crippen molar-refractivity contribution in [3.05, 3.63) is 0 Å². The number of β-amino-alcohol motifs (C(OH)–C–C–N with tert-alkyl or cyclic N) is 1. The Morgan fingerprint density at radius 2 is 2.08 bits per heavy atom. The maximum absolute atomic E-state index is 11.9. The summed E-state index contributed by atoms with van der Waals surface area (Å²) in [4.78, 5) is 2.06. The molecule has 0 aromatic carbocycles. The minimum atomic E-state index is -0.820. The van der Waals surface area contributed by atoms with Crippen molar-refractivity contribution in [2.24, 2.45) is 5.73 Å². The van der Waals surface area contributed by atoms with E-state index in [0.29, 0.717) is 12.6 Å². The highest BCUT2D eigenvalue weighted by molar-refractivity contribution is 4.75. The Labute approximate surface area is 72.3 Å². The van der Waals surface area contributed by atoms with Gasteiger partial charge < -0.3 is 15.7 Å². The summed E-state index contributed by atoms with van der Waals surface area (Å²) < 4.78 is 11.9. The molecule has 0 amide bonds. The number of hydrogen-bond acceptors (Lipinski definition) is 3. The zero-order chi connectivity index (χ0) is 8.97. The molecule has 1 atom stereocenters. The molecule has 0 spiro atoms. The van der Waals surface area contributed by atoms with E-state index in [2.05, 4.69) is 4.90 Å². The van der Waals surface area contributed by atoms with Crippen LogP contribution in [0.1, 0.15) is 12.8 Å². The zero-order valence-corrected chi connectivity index (χ0v) is 7.25. The van der Waals surface area contributed by atoms with Gasteiger partial charge in [-0.25, -0.2) is 4.39 Å². The first-order chi connectivity index (χ1) is 5.72. The fourth-order valence-corrected chi connectivity index (χ4v) is 1.48. The molecule has 1 fully saturated rings. The Hall–Kier alpha value is -0.190. The standard InChI is InChI=1S/C8H17FN2O/c9-5-8(12)6-11-3-1-7(10)2-4-11/h7-8,12H,1-6,10H2. The summed E-state index contributed by atoms with van der Waals surface area (Å²) in [6.07, 6.45) is 1.09. The number of aliphatic hydroxyl groups excluding tert-OH is 1. The fraction of sp³-hybridized carbons (Fsp3) is 1.00. The first-order valence-corrected chi connectivity index (χ1v) is 4.44. The number of likely N-dealkylation sites (tertiary alicyclic amines) is 1. The molecule has 1 saturated heterocycles. The van der Waals surface area contributed by atoms with Crippen molar-refractivity contribution in [3.8, 4) is 0 Å². The summed E-state index contributed by atoms with van der Waals surface area (Å²) in [5.74, 6) is 0. The van der Waals surface area contributed by atoms with Gasteiger partial charge in [-0.05, 0) is 25.9 Å². The SMILES string of the molecule is NC1CCN(CC(O)CF)CC1. The van der Waals surface area contributed by atoms with E-state index in [1.54, 1.807) is 0 Å². The van der Waals surface area contributed by atoms with Crippen LogP contribution in [-0.4, -0.2) is 48.5 Å². The molecule has 1 aliphatic rings. The van der Waals surface area contributed by atoms with Gasteiger partial charge in [-0.15, -0.1) is 0 Å². The van der Waals surface area contributed by atoms with Crippen molar-refractivity contribution in [3.63, 3.8) is 0 Å². The van der Waals surface area contributed by atoms with Crippen LogP contribution in [0.3, 0.4) is 0 Å². The van der Waals surface area contributed by atoms with Crippen molar-refractivity contribution in [2.75, 3.05) is 26.3 Å². The average molecular weight is 176 g/mol. The number of alkyl halides is 1. The van der Waals surface area contributed by atoms with Gasteiger partial charge in [-0.1, -0.05) is 0 Å². The van der Waals surface area contributed by atoms with Crippen LogP contribution in [0, 0.1) is 0 Å². The molecule has 1 rings (SSSR count). The van der Waals surface area contributed by atoms with Crippen LogP contribution >= 0.6 is 0 Å². The fourth-order valence-electron chi connectivity index (χ4n) is 1.48. The lowest BCUT2D eigenvalue weighted by Crippen LogP contribution is -2.43. The highest BCUT2D eigenvalue weighted by Gasteiger charge is 2.17. The molecular formula is C8H17FN2O. The van der Waals surface area contributed by atoms with Gasteiger partial charge in [0.1, 0.15) is 6.67 Å². The number of aliphatic hydroxyl groups is 1. The van der Waals surface area contributed by atoms with Crippen LogP contribution in [-0.2, 0) is 0 Å². The smallest absolute Gasteiger partial charge is 0.117 e. The summed E-state index contributed by atoms with van der Waals surface area (Å²) in [6.45, 7) is 1.57. The minimum absolute atomic E-state index is 0.295. The Balaban J connectivity index is 2.17. The van der Waals surface area contributed by atoms with E-state index >= 15 is 0 Å². The Morgan fingerprint density at radius 3 is 2.58 bits per heavy atom. The number of hydrogen-bond donors (Lipinski definition) is 2. The second-order valence-corrected chi connectivity index (χ2v) is 3.45. The molecule has 3 N–H and O–H groups in total. The molecule has 1 unspecified atom stereocenters. The van der Waals surface area contributed by atoms with Crippen LogP contribution in [0.25, 0.3) is 0 Å². The second-order valence-electron chi connectivity index (χ2n) is 3.45. The highest BCUT2D eigenvalue weighted by Crippen LogP contribution is 2.08. The van der Waals surface area contributed by atoms with Crippen molar-refractivity contribution in [1.29, 1.82) is 0 Å². The molecule has 12 heavy (non-hydrogen) atoms. The maximum Gasteiger partial charge on any atom is 0.117 e. The van der Waals surface area contributed by atoms with E-state index in [1.807, 2.05) is 0 Å². The van der Waals surface area contributed by atoms with Gasteiger partial charge in [0.25, 0.3) is 0 Å². The summed E-state index contributed by atoms with van der Waals surface area (Å²) in [5, 5.41) is 9.03. The first kappa shape index (κ1) is 9.89. The van der Waals surface area contributed by atoms with E-state index in [4.69, 9.17) is 10.8 Å². The van der Waals surface area contributed by atoms with Gasteiger partial charge in [0, 0.05) is 12.6 Å². The highest BCUT2D eigenvalue weighted by atomic mass is 19.1. The third-order valence-corrected chi connectivity index (χ3v) is 2.28. The van der Waals surface area contributed by atoms with E-state index in [9.17, 15) is 4.39 Å². The predicted molar refractivity (Wildman–Crippen MR) is 45.6 cm³/mol. The van der Waals surface area contributed by atoms with E-state index in [-0.39, 0.29) is 0 Å². The molecule has 4 heteroatoms. The van der Waals surface area contributed by atoms with Gasteiger partial charge in [0.15, 0.2) is 0 Å². The number of nitrogens with two attached hydrogens (primary N) is 1. The number of nitrogens with zero attached hydrogens (tertiary/aromatic N) is 1. The third-order valence-electron chi connectivity index (χ3n) is 2.28. The van der Waals surface area contributed by atoms with Gasteiger partial charge in [0.2, 0.25) is 0 Å². The molecule has 0 aliphatic carbocycles. The quantitative estimate of drug-likeness (QED) is 0.623. The van der Waals surface area contributed by atoms with E-state index in [1.165, 1.54) is 0 Å². The van der Waals surface area contributed by atoms with Crippen molar-refractivity contribution >= 4 is 0 Å². The maximum atomic E-state index is 11.9. The lowest BCUT2D eigenvalue weighted by Gasteiger charge is -2.30. The first-order valence-electron chi connectivity index (χ1n) is 4.44. The monoisotopic (exact) mass is 176 g/mol. The topological polar surface area (TPSA) is 49.5 Å². The molecule has 1 heterocycles. The van der Waals surface area contributed by atoms with E-state index in [0.717, 1.165) is 25.9 Å². The molecule has 72 valence electrons. The number of halogens is 1. The van der Waals surface area contributed by atoms with Gasteiger partial charge in [0.05, 0.1) is 6.10 Å². The molecule has 0 saturated carbocycles. The van der Waals surface area contributed by atoms with Crippen LogP contribution in [0.2, 0.25) is 0 Å². The summed E-state index contributed by atoms with van der Waals surface area (Å²) in [7, 11) is 0. The normalized spacial score (nSPS) is 24.2. The lowest BCUT2D eigenvalue weighted by atomic mass is 10.1. The third kappa shape index (κ3) is 3.05. The van der Waals surface area contributed by atoms with Crippen LogP contribution in [0.15, 0.2) is 0 Å². The molecule has 0 aromatic rings. The van der Waals surface area contributed by atoms with Crippen LogP contribution < -0.4 is 5.73 Å². The Morgan fingerprint density at radius 1 is 1.50 bits per heavy atom. The largest absolute Gasteiger partial charge is 0.389 e. The molecule has 0 bridgehead atoms. The molecular weight excluding hydrogens is 159 g/mol. The molecule has 0 radical (unpaired) electrons. The zero-order valence-electron chi connectivity index (χ0n) is 7.25. The Bertz CT molecular complexity index is 126. The van der Waals surface area contributed by atoms with Gasteiger partial charge in [-0.3, -0.25) is 0 Å². The molecule has 3 nitrogen and oxygen atoms in total. The minimum Gasteiger partial charge on any atom is -0.389 e. The number of piperidine rings is 1. The summed E-state index contributed by atoms with van der Waals surface area (Å²) in [5.41, 5.74) is 5.70. The predicted octanol–water partition coefficient (Wildman–Crippen LogP) is -0.260.